The molecular weight excluding hydrogens is 494 g/mol. The number of amides is 2. The fraction of sp³-hybridized carbons (Fsp3) is 0.148. The molecule has 34 heavy (non-hydrogen) atoms. The SMILES string of the molecule is Cc1ccc(NC(=O)COc2ccc(Br)cc2/C=C(/C#N)C(=O)Nc2ccccc2C)cc1C. The van der Waals surface area contributed by atoms with E-state index in [4.69, 9.17) is 4.74 Å². The van der Waals surface area contributed by atoms with Gasteiger partial charge in [-0.15, -0.1) is 0 Å². The molecule has 3 rings (SSSR count). The Kier molecular flexibility index (Phi) is 8.23. The van der Waals surface area contributed by atoms with Gasteiger partial charge >= 0.3 is 0 Å². The molecule has 0 unspecified atom stereocenters. The minimum Gasteiger partial charge on any atom is -0.483 e. The summed E-state index contributed by atoms with van der Waals surface area (Å²) in [5.41, 5.74) is 4.81. The Hall–Kier alpha value is -3.89. The number of halogens is 1. The van der Waals surface area contributed by atoms with Crippen LogP contribution in [0.25, 0.3) is 6.08 Å². The third kappa shape index (κ3) is 6.56. The number of nitrogens with zero attached hydrogens (tertiary/aromatic N) is 1. The molecule has 3 aromatic carbocycles. The van der Waals surface area contributed by atoms with Crippen LogP contribution in [0, 0.1) is 32.1 Å². The topological polar surface area (TPSA) is 91.2 Å². The van der Waals surface area contributed by atoms with Crippen LogP contribution >= 0.6 is 15.9 Å². The van der Waals surface area contributed by atoms with E-state index in [0.29, 0.717) is 22.7 Å². The number of hydrogen-bond donors (Lipinski definition) is 2. The molecular formula is C27H24BrN3O3. The molecule has 0 atom stereocenters. The standard InChI is InChI=1S/C27H24BrN3O3/c1-17-8-10-23(12-19(17)3)30-26(32)16-34-25-11-9-22(28)14-20(25)13-21(15-29)27(33)31-24-7-5-4-6-18(24)2/h4-14H,16H2,1-3H3,(H,30,32)(H,31,33)/b21-13-. The van der Waals surface area contributed by atoms with Gasteiger partial charge in [0.25, 0.3) is 11.8 Å². The van der Waals surface area contributed by atoms with E-state index in [0.717, 1.165) is 21.2 Å². The van der Waals surface area contributed by atoms with Crippen molar-refractivity contribution in [1.82, 2.24) is 0 Å². The second-order valence-corrected chi connectivity index (χ2v) is 8.67. The predicted octanol–water partition coefficient (Wildman–Crippen LogP) is 5.94. The summed E-state index contributed by atoms with van der Waals surface area (Å²) in [6.45, 7) is 5.62. The Morgan fingerprint density at radius 1 is 0.971 bits per heavy atom. The number of aryl methyl sites for hydroxylation is 3. The molecule has 3 aromatic rings. The van der Waals surface area contributed by atoms with Gasteiger partial charge in [0, 0.05) is 21.4 Å². The number of carbonyl (C=O) groups is 2. The van der Waals surface area contributed by atoms with Gasteiger partial charge in [-0.3, -0.25) is 9.59 Å². The Bertz CT molecular complexity index is 1310. The van der Waals surface area contributed by atoms with Crippen LogP contribution in [0.15, 0.2) is 70.7 Å². The zero-order valence-corrected chi connectivity index (χ0v) is 20.7. The van der Waals surface area contributed by atoms with Crippen LogP contribution in [0.5, 0.6) is 5.75 Å². The van der Waals surface area contributed by atoms with Crippen LogP contribution in [0.4, 0.5) is 11.4 Å². The van der Waals surface area contributed by atoms with Crippen LogP contribution in [0.2, 0.25) is 0 Å². The summed E-state index contributed by atoms with van der Waals surface area (Å²) in [5, 5.41) is 15.2. The zero-order chi connectivity index (χ0) is 24.7. The monoisotopic (exact) mass is 517 g/mol. The van der Waals surface area contributed by atoms with Gasteiger partial charge in [0.05, 0.1) is 0 Å². The highest BCUT2D eigenvalue weighted by Crippen LogP contribution is 2.26. The van der Waals surface area contributed by atoms with Gasteiger partial charge in [0.1, 0.15) is 17.4 Å². The molecule has 0 bridgehead atoms. The van der Waals surface area contributed by atoms with Crippen molar-refractivity contribution < 1.29 is 14.3 Å². The Balaban J connectivity index is 1.75. The summed E-state index contributed by atoms with van der Waals surface area (Å²) in [5.74, 6) is -0.482. The van der Waals surface area contributed by atoms with Gasteiger partial charge in [0.2, 0.25) is 0 Å². The minimum atomic E-state index is -0.532. The van der Waals surface area contributed by atoms with Crippen LogP contribution in [-0.2, 0) is 9.59 Å². The first kappa shape index (κ1) is 24.7. The first-order valence-corrected chi connectivity index (χ1v) is 11.3. The lowest BCUT2D eigenvalue weighted by Crippen LogP contribution is -2.20. The van der Waals surface area contributed by atoms with Crippen molar-refractivity contribution in [3.8, 4) is 11.8 Å². The first-order valence-electron chi connectivity index (χ1n) is 10.5. The lowest BCUT2D eigenvalue weighted by atomic mass is 10.1. The second-order valence-electron chi connectivity index (χ2n) is 7.76. The normalized spacial score (nSPS) is 10.9. The molecule has 0 aliphatic rings. The summed E-state index contributed by atoms with van der Waals surface area (Å²) in [7, 11) is 0. The zero-order valence-electron chi connectivity index (χ0n) is 19.1. The van der Waals surface area contributed by atoms with Crippen LogP contribution in [-0.4, -0.2) is 18.4 Å². The Morgan fingerprint density at radius 2 is 1.74 bits per heavy atom. The largest absolute Gasteiger partial charge is 0.483 e. The maximum absolute atomic E-state index is 12.7. The van der Waals surface area contributed by atoms with Crippen LogP contribution in [0.3, 0.4) is 0 Å². The average molecular weight is 518 g/mol. The maximum atomic E-state index is 12.7. The molecule has 0 heterocycles. The van der Waals surface area contributed by atoms with Crippen molar-refractivity contribution >= 4 is 45.2 Å². The van der Waals surface area contributed by atoms with E-state index in [1.807, 2.05) is 63.2 Å². The molecule has 0 spiro atoms. The lowest BCUT2D eigenvalue weighted by molar-refractivity contribution is -0.118. The fourth-order valence-electron chi connectivity index (χ4n) is 3.13. The van der Waals surface area contributed by atoms with E-state index < -0.39 is 5.91 Å². The van der Waals surface area contributed by atoms with Gasteiger partial charge < -0.3 is 15.4 Å². The maximum Gasteiger partial charge on any atom is 0.266 e. The molecule has 0 aromatic heterocycles. The molecule has 0 saturated heterocycles. The summed E-state index contributed by atoms with van der Waals surface area (Å²) in [4.78, 5) is 25.1. The Morgan fingerprint density at radius 3 is 2.44 bits per heavy atom. The van der Waals surface area contributed by atoms with Crippen LogP contribution < -0.4 is 15.4 Å². The van der Waals surface area contributed by atoms with E-state index in [9.17, 15) is 14.9 Å². The molecule has 0 radical (unpaired) electrons. The van der Waals surface area contributed by atoms with E-state index in [2.05, 4.69) is 26.6 Å². The number of nitrogens with one attached hydrogen (secondary N) is 2. The molecule has 7 heteroatoms. The molecule has 6 nitrogen and oxygen atoms in total. The molecule has 0 aliphatic carbocycles. The molecule has 0 fully saturated rings. The van der Waals surface area contributed by atoms with Gasteiger partial charge in [-0.2, -0.15) is 5.26 Å². The fourth-order valence-corrected chi connectivity index (χ4v) is 3.51. The molecule has 2 N–H and O–H groups in total. The quantitative estimate of drug-likeness (QED) is 0.299. The predicted molar refractivity (Wildman–Crippen MR) is 138 cm³/mol. The van der Waals surface area contributed by atoms with E-state index in [1.165, 1.54) is 6.08 Å². The highest BCUT2D eigenvalue weighted by molar-refractivity contribution is 9.10. The molecule has 172 valence electrons. The number of benzene rings is 3. The average Bonchev–Trinajstić information content (AvgIpc) is 2.80. The van der Waals surface area contributed by atoms with Gasteiger partial charge in [0.15, 0.2) is 6.61 Å². The number of anilines is 2. The van der Waals surface area contributed by atoms with Crippen molar-refractivity contribution in [2.75, 3.05) is 17.2 Å². The number of ether oxygens (including phenoxy) is 1. The summed E-state index contributed by atoms with van der Waals surface area (Å²) in [6.07, 6.45) is 1.44. The van der Waals surface area contributed by atoms with Crippen LogP contribution in [0.1, 0.15) is 22.3 Å². The molecule has 0 aliphatic heterocycles. The first-order chi connectivity index (χ1) is 16.3. The number of para-hydroxylation sites is 1. The molecule has 2 amide bonds. The van der Waals surface area contributed by atoms with Crippen molar-refractivity contribution in [2.45, 2.75) is 20.8 Å². The van der Waals surface area contributed by atoms with Crippen molar-refractivity contribution in [3.05, 3.63) is 93.0 Å². The van der Waals surface area contributed by atoms with E-state index in [-0.39, 0.29) is 18.1 Å². The minimum absolute atomic E-state index is 0.0919. The third-order valence-electron chi connectivity index (χ3n) is 5.18. The Labute approximate surface area is 207 Å². The van der Waals surface area contributed by atoms with Crippen molar-refractivity contribution in [2.24, 2.45) is 0 Å². The number of hydrogen-bond acceptors (Lipinski definition) is 4. The van der Waals surface area contributed by atoms with E-state index in [1.54, 1.807) is 24.3 Å². The summed E-state index contributed by atoms with van der Waals surface area (Å²) < 4.78 is 6.46. The number of rotatable bonds is 7. The highest BCUT2D eigenvalue weighted by atomic mass is 79.9. The smallest absolute Gasteiger partial charge is 0.266 e. The second kappa shape index (κ2) is 11.3. The van der Waals surface area contributed by atoms with Gasteiger partial charge in [-0.25, -0.2) is 0 Å². The van der Waals surface area contributed by atoms with Crippen molar-refractivity contribution in [3.63, 3.8) is 0 Å². The number of carbonyl (C=O) groups excluding carboxylic acids is 2. The third-order valence-corrected chi connectivity index (χ3v) is 5.67. The molecule has 0 saturated carbocycles. The van der Waals surface area contributed by atoms with Crippen molar-refractivity contribution in [1.29, 1.82) is 5.26 Å². The summed E-state index contributed by atoms with van der Waals surface area (Å²) >= 11 is 3.40. The lowest BCUT2D eigenvalue weighted by Gasteiger charge is -2.12. The highest BCUT2D eigenvalue weighted by Gasteiger charge is 2.14. The summed E-state index contributed by atoms with van der Waals surface area (Å²) in [6, 6.07) is 20.1. The number of nitriles is 1. The van der Waals surface area contributed by atoms with Gasteiger partial charge in [-0.1, -0.05) is 40.2 Å². The van der Waals surface area contributed by atoms with Gasteiger partial charge in [-0.05, 0) is 79.9 Å². The van der Waals surface area contributed by atoms with E-state index >= 15 is 0 Å².